The van der Waals surface area contributed by atoms with Crippen LogP contribution in [0.25, 0.3) is 0 Å². The minimum atomic E-state index is -3.71. The number of hydrogen-bond acceptors (Lipinski definition) is 6. The van der Waals surface area contributed by atoms with Gasteiger partial charge in [-0.05, 0) is 48.2 Å². The average Bonchev–Trinajstić information content (AvgIpc) is 3.34. The highest BCUT2D eigenvalue weighted by molar-refractivity contribution is 7.89. The van der Waals surface area contributed by atoms with Gasteiger partial charge < -0.3 is 14.8 Å². The molecular formula is C23H24N2O5S2. The molecule has 2 aromatic carbocycles. The second-order valence-electron chi connectivity index (χ2n) is 7.22. The van der Waals surface area contributed by atoms with E-state index in [0.29, 0.717) is 49.9 Å². The summed E-state index contributed by atoms with van der Waals surface area (Å²) >= 11 is 1.60. The van der Waals surface area contributed by atoms with Crippen molar-refractivity contribution in [3.05, 3.63) is 70.9 Å². The van der Waals surface area contributed by atoms with Gasteiger partial charge in [0, 0.05) is 24.4 Å². The predicted molar refractivity (Wildman–Crippen MR) is 124 cm³/mol. The second-order valence-corrected chi connectivity index (χ2v) is 10.2. The van der Waals surface area contributed by atoms with Crippen molar-refractivity contribution in [3.63, 3.8) is 0 Å². The average molecular weight is 473 g/mol. The number of hydrogen-bond donors (Lipinski definition) is 1. The molecule has 0 saturated carbocycles. The summed E-state index contributed by atoms with van der Waals surface area (Å²) in [4.78, 5) is 13.9. The molecular weight excluding hydrogens is 448 g/mol. The van der Waals surface area contributed by atoms with Crippen molar-refractivity contribution >= 4 is 33.0 Å². The summed E-state index contributed by atoms with van der Waals surface area (Å²) in [6.07, 6.45) is 0.899. The molecule has 1 aliphatic rings. The third-order valence-electron chi connectivity index (χ3n) is 4.98. The maximum Gasteiger partial charge on any atom is 0.243 e. The quantitative estimate of drug-likeness (QED) is 0.533. The normalized spacial score (nSPS) is 14.8. The van der Waals surface area contributed by atoms with Gasteiger partial charge in [-0.3, -0.25) is 4.79 Å². The molecule has 1 aliphatic heterocycles. The number of nitrogens with zero attached hydrogens (tertiary/aromatic N) is 1. The molecule has 0 atom stereocenters. The number of amides is 1. The summed E-state index contributed by atoms with van der Waals surface area (Å²) < 4.78 is 38.8. The molecule has 0 spiro atoms. The number of carbonyl (C=O) groups excluding carboxylic acids is 1. The number of ether oxygens (including phenoxy) is 2. The van der Waals surface area contributed by atoms with E-state index >= 15 is 0 Å². The van der Waals surface area contributed by atoms with E-state index < -0.39 is 10.0 Å². The van der Waals surface area contributed by atoms with Crippen LogP contribution in [0.1, 0.15) is 11.3 Å². The van der Waals surface area contributed by atoms with Gasteiger partial charge in [0.15, 0.2) is 5.75 Å². The van der Waals surface area contributed by atoms with Gasteiger partial charge in [0.1, 0.15) is 5.75 Å². The van der Waals surface area contributed by atoms with Gasteiger partial charge in [-0.2, -0.15) is 4.31 Å². The van der Waals surface area contributed by atoms with E-state index in [1.807, 2.05) is 35.7 Å². The summed E-state index contributed by atoms with van der Waals surface area (Å²) in [6.45, 7) is 1.32. The molecule has 0 unspecified atom stereocenters. The number of para-hydroxylation sites is 1. The highest BCUT2D eigenvalue weighted by Crippen LogP contribution is 2.33. The Morgan fingerprint density at radius 3 is 2.56 bits per heavy atom. The Morgan fingerprint density at radius 2 is 1.84 bits per heavy atom. The van der Waals surface area contributed by atoms with Crippen LogP contribution in [-0.4, -0.2) is 44.9 Å². The molecule has 1 N–H and O–H groups in total. The van der Waals surface area contributed by atoms with Gasteiger partial charge >= 0.3 is 0 Å². The second kappa shape index (κ2) is 10.3. The summed E-state index contributed by atoms with van der Waals surface area (Å²) in [5.74, 6) is 0.754. The molecule has 32 heavy (non-hydrogen) atoms. The number of benzene rings is 2. The van der Waals surface area contributed by atoms with Crippen LogP contribution in [0, 0.1) is 0 Å². The van der Waals surface area contributed by atoms with E-state index in [0.717, 1.165) is 4.88 Å². The van der Waals surface area contributed by atoms with Crippen LogP contribution < -0.4 is 10.1 Å². The first-order chi connectivity index (χ1) is 15.5. The Hall–Kier alpha value is -2.72. The van der Waals surface area contributed by atoms with E-state index in [2.05, 4.69) is 5.32 Å². The zero-order chi connectivity index (χ0) is 22.4. The van der Waals surface area contributed by atoms with Gasteiger partial charge in [0.2, 0.25) is 15.9 Å². The van der Waals surface area contributed by atoms with Crippen LogP contribution in [0.5, 0.6) is 11.5 Å². The van der Waals surface area contributed by atoms with E-state index in [1.54, 1.807) is 29.5 Å². The van der Waals surface area contributed by atoms with Gasteiger partial charge in [0.05, 0.1) is 23.8 Å². The number of morpholine rings is 1. The third kappa shape index (κ3) is 5.55. The minimum absolute atomic E-state index is 0.105. The predicted octanol–water partition coefficient (Wildman–Crippen LogP) is 4.13. The molecule has 168 valence electrons. The topological polar surface area (TPSA) is 84.9 Å². The van der Waals surface area contributed by atoms with E-state index in [-0.39, 0.29) is 17.2 Å². The molecule has 2 heterocycles. The zero-order valence-electron chi connectivity index (χ0n) is 17.4. The lowest BCUT2D eigenvalue weighted by molar-refractivity contribution is -0.116. The fourth-order valence-electron chi connectivity index (χ4n) is 3.31. The zero-order valence-corrected chi connectivity index (χ0v) is 19.0. The minimum Gasteiger partial charge on any atom is -0.455 e. The lowest BCUT2D eigenvalue weighted by Gasteiger charge is -2.26. The number of aryl methyl sites for hydroxylation is 1. The molecule has 0 aliphatic carbocycles. The van der Waals surface area contributed by atoms with E-state index in [9.17, 15) is 13.2 Å². The molecule has 1 aromatic heterocycles. The van der Waals surface area contributed by atoms with Crippen LogP contribution >= 0.6 is 11.3 Å². The van der Waals surface area contributed by atoms with Gasteiger partial charge in [-0.25, -0.2) is 8.42 Å². The Balaban J connectivity index is 1.58. The van der Waals surface area contributed by atoms with Crippen molar-refractivity contribution in [3.8, 4) is 11.5 Å². The molecule has 9 heteroatoms. The van der Waals surface area contributed by atoms with Crippen LogP contribution in [0.4, 0.5) is 5.69 Å². The van der Waals surface area contributed by atoms with Crippen molar-refractivity contribution in [1.82, 2.24) is 4.31 Å². The number of carbonyl (C=O) groups is 1. The largest absolute Gasteiger partial charge is 0.455 e. The number of nitrogens with one attached hydrogen (secondary N) is 1. The third-order valence-corrected chi connectivity index (χ3v) is 7.81. The molecule has 4 rings (SSSR count). The van der Waals surface area contributed by atoms with E-state index in [1.165, 1.54) is 16.4 Å². The molecule has 1 fully saturated rings. The first-order valence-corrected chi connectivity index (χ1v) is 12.6. The first-order valence-electron chi connectivity index (χ1n) is 10.3. The number of anilines is 1. The Bertz CT molecular complexity index is 1140. The highest BCUT2D eigenvalue weighted by Gasteiger charge is 2.27. The Kier molecular flexibility index (Phi) is 7.21. The smallest absolute Gasteiger partial charge is 0.243 e. The van der Waals surface area contributed by atoms with Crippen molar-refractivity contribution in [2.45, 2.75) is 17.7 Å². The van der Waals surface area contributed by atoms with Crippen molar-refractivity contribution < 1.29 is 22.7 Å². The van der Waals surface area contributed by atoms with Crippen LogP contribution in [-0.2, 0) is 26.0 Å². The summed E-state index contributed by atoms with van der Waals surface area (Å²) in [6, 6.07) is 17.6. The lowest BCUT2D eigenvalue weighted by atomic mass is 10.2. The number of thiophene rings is 1. The molecule has 0 bridgehead atoms. The molecule has 3 aromatic rings. The summed E-state index contributed by atoms with van der Waals surface area (Å²) in [5.41, 5.74) is 0.319. The van der Waals surface area contributed by atoms with Crippen LogP contribution in [0.3, 0.4) is 0 Å². The van der Waals surface area contributed by atoms with Crippen LogP contribution in [0.2, 0.25) is 0 Å². The molecule has 1 saturated heterocycles. The fraction of sp³-hybridized carbons (Fsp3) is 0.261. The van der Waals surface area contributed by atoms with Crippen molar-refractivity contribution in [2.24, 2.45) is 0 Å². The monoisotopic (exact) mass is 472 g/mol. The van der Waals surface area contributed by atoms with Crippen molar-refractivity contribution in [1.29, 1.82) is 0 Å². The Morgan fingerprint density at radius 1 is 1.06 bits per heavy atom. The molecule has 0 radical (unpaired) electrons. The Labute approximate surface area is 191 Å². The summed E-state index contributed by atoms with van der Waals surface area (Å²) in [7, 11) is -3.71. The van der Waals surface area contributed by atoms with Gasteiger partial charge in [-0.1, -0.05) is 24.3 Å². The maximum atomic E-state index is 13.1. The van der Waals surface area contributed by atoms with Gasteiger partial charge in [0.25, 0.3) is 0 Å². The SMILES string of the molecule is O=C(CCc1cccs1)Nc1cc(S(=O)(=O)N2CCOCC2)ccc1Oc1ccccc1. The standard InChI is InChI=1S/C23H24N2O5S2/c26-23(11-8-19-7-4-16-31-19)24-21-17-20(32(27,28)25-12-14-29-15-13-25)9-10-22(21)30-18-5-2-1-3-6-18/h1-7,9-10,16-17H,8,11-15H2,(H,24,26). The van der Waals surface area contributed by atoms with Crippen molar-refractivity contribution in [2.75, 3.05) is 31.6 Å². The maximum absolute atomic E-state index is 13.1. The summed E-state index contributed by atoms with van der Waals surface area (Å²) in [5, 5.41) is 4.81. The van der Waals surface area contributed by atoms with Gasteiger partial charge in [-0.15, -0.1) is 11.3 Å². The molecule has 7 nitrogen and oxygen atoms in total. The highest BCUT2D eigenvalue weighted by atomic mass is 32.2. The van der Waals surface area contributed by atoms with Crippen LogP contribution in [0.15, 0.2) is 70.9 Å². The number of sulfonamides is 1. The number of rotatable bonds is 8. The fourth-order valence-corrected chi connectivity index (χ4v) is 5.46. The molecule has 1 amide bonds. The van der Waals surface area contributed by atoms with E-state index in [4.69, 9.17) is 9.47 Å². The lowest BCUT2D eigenvalue weighted by Crippen LogP contribution is -2.40. The first kappa shape index (κ1) is 22.5.